The maximum atomic E-state index is 12.1. The lowest BCUT2D eigenvalue weighted by Gasteiger charge is -2.28. The second-order valence-corrected chi connectivity index (χ2v) is 6.12. The summed E-state index contributed by atoms with van der Waals surface area (Å²) in [5, 5.41) is 12.1. The Bertz CT molecular complexity index is 307. The quantitative estimate of drug-likeness (QED) is 0.806. The number of carboxylic acid groups (broad SMARTS) is 1. The maximum Gasteiger partial charge on any atom is 0.330 e. The average Bonchev–Trinajstić information content (AvgIpc) is 2.80. The topological polar surface area (TPSA) is 66.4 Å². The van der Waals surface area contributed by atoms with Crippen molar-refractivity contribution in [3.8, 4) is 0 Å². The maximum absolute atomic E-state index is 12.1. The molecule has 0 aromatic rings. The van der Waals surface area contributed by atoms with Crippen LogP contribution in [0.25, 0.3) is 0 Å². The van der Waals surface area contributed by atoms with Crippen molar-refractivity contribution >= 4 is 23.6 Å². The molecule has 2 rings (SSSR count). The van der Waals surface area contributed by atoms with Gasteiger partial charge in [-0.25, -0.2) is 4.79 Å². The Morgan fingerprint density at radius 1 is 1.24 bits per heavy atom. The standard InChI is InChI=1S/C12H19NO3S/c14-10(9-4-2-1-3-5-9)13-12(11(15)16)6-7-17-8-12/h9H,1-8H2,(H,13,14)(H,15,16)/t12-/m0/s1. The lowest BCUT2D eigenvalue weighted by molar-refractivity contribution is -0.147. The predicted octanol–water partition coefficient (Wildman–Crippen LogP) is 1.64. The Hall–Kier alpha value is -0.710. The first-order valence-corrected chi connectivity index (χ1v) is 7.43. The first-order valence-electron chi connectivity index (χ1n) is 6.27. The van der Waals surface area contributed by atoms with Gasteiger partial charge in [0.2, 0.25) is 5.91 Å². The molecule has 2 N–H and O–H groups in total. The van der Waals surface area contributed by atoms with Gasteiger partial charge in [-0.1, -0.05) is 19.3 Å². The van der Waals surface area contributed by atoms with E-state index < -0.39 is 11.5 Å². The molecule has 2 aliphatic rings. The molecule has 0 bridgehead atoms. The molecule has 5 heteroatoms. The highest BCUT2D eigenvalue weighted by Crippen LogP contribution is 2.30. The molecule has 1 atom stereocenters. The Kier molecular flexibility index (Phi) is 3.97. The minimum Gasteiger partial charge on any atom is -0.479 e. The van der Waals surface area contributed by atoms with Crippen LogP contribution in [0.5, 0.6) is 0 Å². The smallest absolute Gasteiger partial charge is 0.330 e. The summed E-state index contributed by atoms with van der Waals surface area (Å²) in [6, 6.07) is 0. The van der Waals surface area contributed by atoms with Crippen molar-refractivity contribution in [1.29, 1.82) is 0 Å². The summed E-state index contributed by atoms with van der Waals surface area (Å²) < 4.78 is 0. The van der Waals surface area contributed by atoms with Crippen LogP contribution in [0.15, 0.2) is 0 Å². The van der Waals surface area contributed by atoms with Gasteiger partial charge in [0.05, 0.1) is 0 Å². The molecule has 1 saturated heterocycles. The third-order valence-corrected chi connectivity index (χ3v) is 4.96. The van der Waals surface area contributed by atoms with Crippen LogP contribution in [0.4, 0.5) is 0 Å². The van der Waals surface area contributed by atoms with Gasteiger partial charge in [0.15, 0.2) is 0 Å². The number of rotatable bonds is 3. The van der Waals surface area contributed by atoms with E-state index in [-0.39, 0.29) is 11.8 Å². The minimum atomic E-state index is -1.00. The second-order valence-electron chi connectivity index (χ2n) is 5.01. The Labute approximate surface area is 106 Å². The zero-order valence-corrected chi connectivity index (χ0v) is 10.7. The molecule has 1 saturated carbocycles. The minimum absolute atomic E-state index is 0.0329. The van der Waals surface area contributed by atoms with Crippen molar-refractivity contribution in [2.75, 3.05) is 11.5 Å². The van der Waals surface area contributed by atoms with Crippen LogP contribution in [0.3, 0.4) is 0 Å². The van der Waals surface area contributed by atoms with E-state index in [1.165, 1.54) is 6.42 Å². The third-order valence-electron chi connectivity index (χ3n) is 3.77. The number of carbonyl (C=O) groups excluding carboxylic acids is 1. The van der Waals surface area contributed by atoms with E-state index in [4.69, 9.17) is 0 Å². The average molecular weight is 257 g/mol. The summed E-state index contributed by atoms with van der Waals surface area (Å²) in [5.74, 6) is 0.421. The van der Waals surface area contributed by atoms with E-state index >= 15 is 0 Å². The molecule has 0 unspecified atom stereocenters. The van der Waals surface area contributed by atoms with E-state index in [9.17, 15) is 14.7 Å². The lowest BCUT2D eigenvalue weighted by atomic mass is 9.87. The van der Waals surface area contributed by atoms with Gasteiger partial charge in [0, 0.05) is 11.7 Å². The molecule has 1 aliphatic carbocycles. The number of aliphatic carboxylic acids is 1. The summed E-state index contributed by atoms with van der Waals surface area (Å²) in [5.41, 5.74) is -1.00. The van der Waals surface area contributed by atoms with Crippen molar-refractivity contribution in [2.45, 2.75) is 44.1 Å². The van der Waals surface area contributed by atoms with Crippen molar-refractivity contribution in [1.82, 2.24) is 5.32 Å². The molecule has 4 nitrogen and oxygen atoms in total. The van der Waals surface area contributed by atoms with Gasteiger partial charge in [-0.2, -0.15) is 11.8 Å². The van der Waals surface area contributed by atoms with Crippen LogP contribution < -0.4 is 5.32 Å². The Morgan fingerprint density at radius 3 is 2.47 bits per heavy atom. The van der Waals surface area contributed by atoms with Crippen molar-refractivity contribution in [2.24, 2.45) is 5.92 Å². The molecular weight excluding hydrogens is 238 g/mol. The van der Waals surface area contributed by atoms with E-state index in [1.54, 1.807) is 11.8 Å². The van der Waals surface area contributed by atoms with Crippen LogP contribution in [0.1, 0.15) is 38.5 Å². The van der Waals surface area contributed by atoms with E-state index in [0.717, 1.165) is 31.4 Å². The van der Waals surface area contributed by atoms with Gasteiger partial charge in [-0.15, -0.1) is 0 Å². The summed E-state index contributed by atoms with van der Waals surface area (Å²) >= 11 is 1.60. The van der Waals surface area contributed by atoms with Gasteiger partial charge in [-0.05, 0) is 25.0 Å². The van der Waals surface area contributed by atoms with Crippen LogP contribution in [-0.2, 0) is 9.59 Å². The van der Waals surface area contributed by atoms with Crippen LogP contribution in [0, 0.1) is 5.92 Å². The second kappa shape index (κ2) is 5.29. The van der Waals surface area contributed by atoms with Gasteiger partial charge >= 0.3 is 5.97 Å². The number of thioether (sulfide) groups is 1. The zero-order valence-electron chi connectivity index (χ0n) is 9.91. The fourth-order valence-electron chi connectivity index (χ4n) is 2.59. The Balaban J connectivity index is 1.98. The highest BCUT2D eigenvalue weighted by atomic mass is 32.2. The number of nitrogens with one attached hydrogen (secondary N) is 1. The van der Waals surface area contributed by atoms with E-state index in [0.29, 0.717) is 12.2 Å². The molecule has 0 aromatic carbocycles. The largest absolute Gasteiger partial charge is 0.479 e. The molecule has 0 spiro atoms. The molecule has 0 aromatic heterocycles. The highest BCUT2D eigenvalue weighted by Gasteiger charge is 2.44. The van der Waals surface area contributed by atoms with Crippen LogP contribution in [0.2, 0.25) is 0 Å². The van der Waals surface area contributed by atoms with E-state index in [2.05, 4.69) is 5.32 Å². The SMILES string of the molecule is O=C(N[C@@]1(C(=O)O)CCSC1)C1CCCCC1. The van der Waals surface area contributed by atoms with Gasteiger partial charge in [0.1, 0.15) is 5.54 Å². The molecule has 0 radical (unpaired) electrons. The molecule has 96 valence electrons. The third kappa shape index (κ3) is 2.76. The monoisotopic (exact) mass is 257 g/mol. The summed E-state index contributed by atoms with van der Waals surface area (Å²) in [7, 11) is 0. The van der Waals surface area contributed by atoms with Gasteiger partial charge in [-0.3, -0.25) is 4.79 Å². The zero-order chi connectivity index (χ0) is 12.3. The normalized spacial score (nSPS) is 30.1. The van der Waals surface area contributed by atoms with Crippen molar-refractivity contribution in [3.63, 3.8) is 0 Å². The van der Waals surface area contributed by atoms with Gasteiger partial charge < -0.3 is 10.4 Å². The molecule has 2 fully saturated rings. The fourth-order valence-corrected chi connectivity index (χ4v) is 3.91. The summed E-state index contributed by atoms with van der Waals surface area (Å²) in [6.45, 7) is 0. The molecular formula is C12H19NO3S. The number of carbonyl (C=O) groups is 2. The van der Waals surface area contributed by atoms with Gasteiger partial charge in [0.25, 0.3) is 0 Å². The van der Waals surface area contributed by atoms with Crippen molar-refractivity contribution in [3.05, 3.63) is 0 Å². The fraction of sp³-hybridized carbons (Fsp3) is 0.833. The predicted molar refractivity (Wildman–Crippen MR) is 67.0 cm³/mol. The van der Waals surface area contributed by atoms with Crippen LogP contribution in [-0.4, -0.2) is 34.0 Å². The summed E-state index contributed by atoms with van der Waals surface area (Å²) in [6.07, 6.45) is 5.75. The number of carboxylic acids is 1. The number of hydrogen-bond donors (Lipinski definition) is 2. The van der Waals surface area contributed by atoms with Crippen molar-refractivity contribution < 1.29 is 14.7 Å². The molecule has 17 heavy (non-hydrogen) atoms. The summed E-state index contributed by atoms with van der Waals surface area (Å²) in [4.78, 5) is 23.4. The van der Waals surface area contributed by atoms with E-state index in [1.807, 2.05) is 0 Å². The number of hydrogen-bond acceptors (Lipinski definition) is 3. The number of amides is 1. The highest BCUT2D eigenvalue weighted by molar-refractivity contribution is 7.99. The first kappa shape index (κ1) is 12.7. The molecule has 1 aliphatic heterocycles. The molecule has 1 heterocycles. The lowest BCUT2D eigenvalue weighted by Crippen LogP contribution is -2.56. The van der Waals surface area contributed by atoms with Crippen LogP contribution >= 0.6 is 11.8 Å². The Morgan fingerprint density at radius 2 is 1.94 bits per heavy atom. The first-order chi connectivity index (χ1) is 8.14. The molecule has 1 amide bonds.